The van der Waals surface area contributed by atoms with Crippen molar-refractivity contribution in [3.63, 3.8) is 0 Å². The topological polar surface area (TPSA) is 84.9 Å². The van der Waals surface area contributed by atoms with Gasteiger partial charge in [-0.25, -0.2) is 0 Å². The number of furan rings is 2. The van der Waals surface area contributed by atoms with Crippen molar-refractivity contribution < 1.29 is 23.2 Å². The quantitative estimate of drug-likeness (QED) is 0.672. The molecule has 2 heterocycles. The average molecular weight is 334 g/mol. The van der Waals surface area contributed by atoms with Gasteiger partial charge < -0.3 is 23.8 Å². The van der Waals surface area contributed by atoms with Crippen molar-refractivity contribution in [3.8, 4) is 0 Å². The Morgan fingerprint density at radius 2 is 2.12 bits per heavy atom. The van der Waals surface area contributed by atoms with Crippen LogP contribution < -0.4 is 5.32 Å². The number of hydrogen-bond acceptors (Lipinski definition) is 5. The lowest BCUT2D eigenvalue weighted by atomic mass is 10.2. The fourth-order valence-electron chi connectivity index (χ4n) is 2.21. The third kappa shape index (κ3) is 5.58. The summed E-state index contributed by atoms with van der Waals surface area (Å²) in [6.45, 7) is 1.74. The number of ether oxygens (including phenoxy) is 1. The summed E-state index contributed by atoms with van der Waals surface area (Å²) in [5.41, 5.74) is 0.475. The molecule has 0 aliphatic rings. The van der Waals surface area contributed by atoms with Crippen LogP contribution in [0.4, 0.5) is 0 Å². The second-order valence-electron chi connectivity index (χ2n) is 5.26. The lowest BCUT2D eigenvalue weighted by molar-refractivity contribution is -0.121. The highest BCUT2D eigenvalue weighted by molar-refractivity contribution is 5.94. The Labute approximate surface area is 140 Å². The Morgan fingerprint density at radius 3 is 2.79 bits per heavy atom. The minimum atomic E-state index is -0.154. The Hall–Kier alpha value is -2.54. The van der Waals surface area contributed by atoms with Gasteiger partial charge in [-0.15, -0.1) is 0 Å². The minimum Gasteiger partial charge on any atom is -0.472 e. The third-order valence-corrected chi connectivity index (χ3v) is 3.48. The van der Waals surface area contributed by atoms with Crippen molar-refractivity contribution in [1.29, 1.82) is 0 Å². The Morgan fingerprint density at radius 1 is 1.25 bits per heavy atom. The molecular weight excluding hydrogens is 312 g/mol. The molecule has 0 aromatic carbocycles. The maximum Gasteiger partial charge on any atom is 0.257 e. The number of carbonyl (C=O) groups excluding carboxylic acids is 2. The van der Waals surface area contributed by atoms with E-state index >= 15 is 0 Å². The van der Waals surface area contributed by atoms with E-state index in [2.05, 4.69) is 5.32 Å². The van der Waals surface area contributed by atoms with Crippen LogP contribution in [-0.4, -0.2) is 43.5 Å². The highest BCUT2D eigenvalue weighted by Gasteiger charge is 2.17. The molecule has 24 heavy (non-hydrogen) atoms. The molecular formula is C17H22N2O5. The molecule has 0 aliphatic carbocycles. The molecule has 7 heteroatoms. The SMILES string of the molecule is COCCCN(CCC(=O)NCc1ccco1)C(=O)c1ccoc1. The van der Waals surface area contributed by atoms with E-state index in [0.717, 1.165) is 0 Å². The first-order valence-electron chi connectivity index (χ1n) is 7.80. The van der Waals surface area contributed by atoms with E-state index in [1.165, 1.54) is 12.5 Å². The molecule has 0 unspecified atom stereocenters. The number of nitrogens with zero attached hydrogens (tertiary/aromatic N) is 1. The van der Waals surface area contributed by atoms with Gasteiger partial charge >= 0.3 is 0 Å². The summed E-state index contributed by atoms with van der Waals surface area (Å²) in [5, 5.41) is 2.77. The molecule has 0 saturated carbocycles. The first-order chi connectivity index (χ1) is 11.7. The second kappa shape index (κ2) is 9.57. The van der Waals surface area contributed by atoms with E-state index in [9.17, 15) is 9.59 Å². The number of carbonyl (C=O) groups is 2. The summed E-state index contributed by atoms with van der Waals surface area (Å²) in [7, 11) is 1.62. The predicted molar refractivity (Wildman–Crippen MR) is 86.3 cm³/mol. The smallest absolute Gasteiger partial charge is 0.257 e. The molecule has 2 aromatic heterocycles. The normalized spacial score (nSPS) is 10.5. The molecule has 2 rings (SSSR count). The van der Waals surface area contributed by atoms with Gasteiger partial charge in [-0.1, -0.05) is 0 Å². The van der Waals surface area contributed by atoms with Crippen LogP contribution in [0.3, 0.4) is 0 Å². The maximum absolute atomic E-state index is 12.4. The summed E-state index contributed by atoms with van der Waals surface area (Å²) >= 11 is 0. The zero-order valence-electron chi connectivity index (χ0n) is 13.7. The van der Waals surface area contributed by atoms with Crippen LogP contribution in [0.5, 0.6) is 0 Å². The van der Waals surface area contributed by atoms with Gasteiger partial charge in [0.2, 0.25) is 5.91 Å². The van der Waals surface area contributed by atoms with Crippen LogP contribution in [0.25, 0.3) is 0 Å². The molecule has 0 atom stereocenters. The van der Waals surface area contributed by atoms with Crippen molar-refractivity contribution in [1.82, 2.24) is 10.2 Å². The summed E-state index contributed by atoms with van der Waals surface area (Å²) in [6.07, 6.45) is 5.34. The molecule has 0 saturated heterocycles. The van der Waals surface area contributed by atoms with E-state index in [-0.39, 0.29) is 18.2 Å². The van der Waals surface area contributed by atoms with Crippen molar-refractivity contribution in [2.45, 2.75) is 19.4 Å². The molecule has 7 nitrogen and oxygen atoms in total. The average Bonchev–Trinajstić information content (AvgIpc) is 3.29. The zero-order chi connectivity index (χ0) is 17.2. The Kier molecular flexibility index (Phi) is 7.10. The zero-order valence-corrected chi connectivity index (χ0v) is 13.7. The van der Waals surface area contributed by atoms with Gasteiger partial charge in [-0.2, -0.15) is 0 Å². The van der Waals surface area contributed by atoms with Crippen LogP contribution in [0.15, 0.2) is 45.8 Å². The number of rotatable bonds is 10. The standard InChI is InChI=1S/C17H22N2O5/c1-22-9-3-7-19(17(21)14-6-11-23-13-14)8-5-16(20)18-12-15-4-2-10-24-15/h2,4,6,10-11,13H,3,5,7-9,12H2,1H3,(H,18,20). The first kappa shape index (κ1) is 17.8. The summed E-state index contributed by atoms with van der Waals surface area (Å²) in [4.78, 5) is 26.0. The van der Waals surface area contributed by atoms with E-state index in [1.807, 2.05) is 0 Å². The predicted octanol–water partition coefficient (Wildman–Crippen LogP) is 2.06. The fourth-order valence-corrected chi connectivity index (χ4v) is 2.21. The largest absolute Gasteiger partial charge is 0.472 e. The molecule has 1 N–H and O–H groups in total. The minimum absolute atomic E-state index is 0.136. The van der Waals surface area contributed by atoms with Gasteiger partial charge in [0, 0.05) is 33.2 Å². The van der Waals surface area contributed by atoms with Crippen molar-refractivity contribution in [2.24, 2.45) is 0 Å². The van der Waals surface area contributed by atoms with Crippen LogP contribution in [0.1, 0.15) is 29.0 Å². The van der Waals surface area contributed by atoms with Crippen LogP contribution in [0, 0.1) is 0 Å². The molecule has 0 fully saturated rings. The van der Waals surface area contributed by atoms with E-state index in [1.54, 1.807) is 36.5 Å². The van der Waals surface area contributed by atoms with Crippen LogP contribution >= 0.6 is 0 Å². The maximum atomic E-state index is 12.4. The third-order valence-electron chi connectivity index (χ3n) is 3.48. The molecule has 0 aliphatic heterocycles. The fraction of sp³-hybridized carbons (Fsp3) is 0.412. The lowest BCUT2D eigenvalue weighted by Gasteiger charge is -2.21. The monoisotopic (exact) mass is 334 g/mol. The van der Waals surface area contributed by atoms with E-state index < -0.39 is 0 Å². The molecule has 0 spiro atoms. The van der Waals surface area contributed by atoms with Gasteiger partial charge in [0.15, 0.2) is 0 Å². The lowest BCUT2D eigenvalue weighted by Crippen LogP contribution is -2.36. The van der Waals surface area contributed by atoms with Gasteiger partial charge in [0.05, 0.1) is 24.6 Å². The molecule has 0 radical (unpaired) electrons. The number of amides is 2. The highest BCUT2D eigenvalue weighted by Crippen LogP contribution is 2.07. The van der Waals surface area contributed by atoms with Crippen molar-refractivity contribution >= 4 is 11.8 Å². The van der Waals surface area contributed by atoms with Gasteiger partial charge in [-0.05, 0) is 24.6 Å². The van der Waals surface area contributed by atoms with E-state index in [0.29, 0.717) is 44.0 Å². The van der Waals surface area contributed by atoms with Crippen molar-refractivity contribution in [2.75, 3.05) is 26.8 Å². The Bertz CT molecular complexity index is 607. The Balaban J connectivity index is 1.82. The van der Waals surface area contributed by atoms with Gasteiger partial charge in [-0.3, -0.25) is 9.59 Å². The van der Waals surface area contributed by atoms with Gasteiger partial charge in [0.25, 0.3) is 5.91 Å². The summed E-state index contributed by atoms with van der Waals surface area (Å²) in [5.74, 6) is 0.400. The van der Waals surface area contributed by atoms with Crippen LogP contribution in [-0.2, 0) is 16.1 Å². The summed E-state index contributed by atoms with van der Waals surface area (Å²) < 4.78 is 15.1. The van der Waals surface area contributed by atoms with E-state index in [4.69, 9.17) is 13.6 Å². The number of hydrogen-bond donors (Lipinski definition) is 1. The van der Waals surface area contributed by atoms with Crippen molar-refractivity contribution in [3.05, 3.63) is 48.3 Å². The summed E-state index contributed by atoms with van der Waals surface area (Å²) in [6, 6.07) is 5.17. The second-order valence-corrected chi connectivity index (χ2v) is 5.26. The first-order valence-corrected chi connectivity index (χ1v) is 7.80. The number of nitrogens with one attached hydrogen (secondary N) is 1. The van der Waals surface area contributed by atoms with Crippen LogP contribution in [0.2, 0.25) is 0 Å². The van der Waals surface area contributed by atoms with Gasteiger partial charge in [0.1, 0.15) is 12.0 Å². The molecule has 2 aromatic rings. The molecule has 2 amide bonds. The number of methoxy groups -OCH3 is 1. The molecule has 130 valence electrons. The highest BCUT2D eigenvalue weighted by atomic mass is 16.5. The molecule has 0 bridgehead atoms.